The van der Waals surface area contributed by atoms with Gasteiger partial charge in [0.1, 0.15) is 17.9 Å². The average Bonchev–Trinajstić information content (AvgIpc) is 3.10. The minimum atomic E-state index is -0.241. The lowest BCUT2D eigenvalue weighted by Gasteiger charge is -2.04. The van der Waals surface area contributed by atoms with Crippen LogP contribution in [0.3, 0.4) is 0 Å². The Labute approximate surface area is 144 Å². The second kappa shape index (κ2) is 7.48. The van der Waals surface area contributed by atoms with Gasteiger partial charge in [-0.3, -0.25) is 4.79 Å². The van der Waals surface area contributed by atoms with Crippen LogP contribution in [-0.4, -0.2) is 30.3 Å². The lowest BCUT2D eigenvalue weighted by atomic mass is 10.2. The zero-order valence-corrected chi connectivity index (χ0v) is 13.9. The molecule has 7 heteroatoms. The zero-order valence-electron chi connectivity index (χ0n) is 13.9. The number of nitrogens with zero attached hydrogens (tertiary/aromatic N) is 2. The maximum absolute atomic E-state index is 12.1. The van der Waals surface area contributed by atoms with Gasteiger partial charge in [-0.2, -0.15) is 4.98 Å². The summed E-state index contributed by atoms with van der Waals surface area (Å²) in [5.74, 6) is 1.90. The van der Waals surface area contributed by atoms with Crippen LogP contribution in [-0.2, 0) is 11.2 Å². The SMILES string of the molecule is COc1ccc(NC(=O)Cc2nc(-c3ccc(OC)cc3)no2)cc1. The molecule has 0 bridgehead atoms. The van der Waals surface area contributed by atoms with Crippen molar-refractivity contribution in [3.63, 3.8) is 0 Å². The predicted octanol–water partition coefficient (Wildman–Crippen LogP) is 2.94. The van der Waals surface area contributed by atoms with Gasteiger partial charge in [-0.1, -0.05) is 5.16 Å². The van der Waals surface area contributed by atoms with E-state index in [1.807, 2.05) is 24.3 Å². The lowest BCUT2D eigenvalue weighted by molar-refractivity contribution is -0.115. The fourth-order valence-corrected chi connectivity index (χ4v) is 2.20. The Kier molecular flexibility index (Phi) is 4.94. The van der Waals surface area contributed by atoms with Gasteiger partial charge in [0, 0.05) is 11.3 Å². The molecular weight excluding hydrogens is 322 g/mol. The first kappa shape index (κ1) is 16.5. The highest BCUT2D eigenvalue weighted by Crippen LogP contribution is 2.20. The van der Waals surface area contributed by atoms with E-state index < -0.39 is 0 Å². The molecule has 2 aromatic carbocycles. The normalized spacial score (nSPS) is 10.3. The Morgan fingerprint density at radius 2 is 1.60 bits per heavy atom. The van der Waals surface area contributed by atoms with Gasteiger partial charge in [-0.05, 0) is 48.5 Å². The molecule has 0 unspecified atom stereocenters. The Balaban J connectivity index is 1.62. The van der Waals surface area contributed by atoms with Gasteiger partial charge in [-0.15, -0.1) is 0 Å². The van der Waals surface area contributed by atoms with Crippen molar-refractivity contribution in [1.29, 1.82) is 0 Å². The number of rotatable bonds is 6. The summed E-state index contributed by atoms with van der Waals surface area (Å²) in [6.07, 6.45) is -0.00478. The highest BCUT2D eigenvalue weighted by atomic mass is 16.5. The third-order valence-corrected chi connectivity index (χ3v) is 3.50. The third kappa shape index (κ3) is 4.14. The number of methoxy groups -OCH3 is 2. The Hall–Kier alpha value is -3.35. The van der Waals surface area contributed by atoms with Crippen LogP contribution in [0.15, 0.2) is 53.1 Å². The molecule has 0 atom stereocenters. The molecule has 0 saturated heterocycles. The van der Waals surface area contributed by atoms with E-state index in [0.29, 0.717) is 11.5 Å². The topological polar surface area (TPSA) is 86.5 Å². The zero-order chi connectivity index (χ0) is 17.6. The number of ether oxygens (including phenoxy) is 2. The number of carbonyl (C=O) groups excluding carboxylic acids is 1. The van der Waals surface area contributed by atoms with Crippen LogP contribution in [0.1, 0.15) is 5.89 Å². The molecule has 128 valence electrons. The van der Waals surface area contributed by atoms with Crippen LogP contribution in [0.5, 0.6) is 11.5 Å². The Morgan fingerprint density at radius 3 is 2.20 bits per heavy atom. The quantitative estimate of drug-likeness (QED) is 0.743. The van der Waals surface area contributed by atoms with E-state index in [2.05, 4.69) is 15.5 Å². The summed E-state index contributed by atoms with van der Waals surface area (Å²) in [6.45, 7) is 0. The number of nitrogens with one attached hydrogen (secondary N) is 1. The van der Waals surface area contributed by atoms with Crippen molar-refractivity contribution < 1.29 is 18.8 Å². The van der Waals surface area contributed by atoms with E-state index >= 15 is 0 Å². The molecule has 0 aliphatic carbocycles. The van der Waals surface area contributed by atoms with E-state index in [1.165, 1.54) is 0 Å². The third-order valence-electron chi connectivity index (χ3n) is 3.50. The van der Waals surface area contributed by atoms with Gasteiger partial charge < -0.3 is 19.3 Å². The van der Waals surface area contributed by atoms with E-state index in [9.17, 15) is 4.79 Å². The lowest BCUT2D eigenvalue weighted by Crippen LogP contribution is -2.14. The average molecular weight is 339 g/mol. The summed E-state index contributed by atoms with van der Waals surface area (Å²) in [4.78, 5) is 16.3. The maximum atomic E-state index is 12.1. The van der Waals surface area contributed by atoms with Gasteiger partial charge in [0.2, 0.25) is 17.6 Å². The first-order valence-corrected chi connectivity index (χ1v) is 7.59. The second-order valence-electron chi connectivity index (χ2n) is 5.19. The Bertz CT molecular complexity index is 842. The molecule has 1 amide bonds. The van der Waals surface area contributed by atoms with Gasteiger partial charge in [0.25, 0.3) is 0 Å². The van der Waals surface area contributed by atoms with Crippen molar-refractivity contribution in [3.05, 3.63) is 54.4 Å². The number of hydrogen-bond donors (Lipinski definition) is 1. The highest BCUT2D eigenvalue weighted by molar-refractivity contribution is 5.91. The Morgan fingerprint density at radius 1 is 1.00 bits per heavy atom. The minimum absolute atomic E-state index is 0.00478. The van der Waals surface area contributed by atoms with Gasteiger partial charge >= 0.3 is 0 Å². The molecule has 1 N–H and O–H groups in total. The predicted molar refractivity (Wildman–Crippen MR) is 91.6 cm³/mol. The van der Waals surface area contributed by atoms with Crippen LogP contribution in [0.4, 0.5) is 5.69 Å². The summed E-state index contributed by atoms with van der Waals surface area (Å²) in [6, 6.07) is 14.3. The monoisotopic (exact) mass is 339 g/mol. The largest absolute Gasteiger partial charge is 0.497 e. The van der Waals surface area contributed by atoms with E-state index in [1.54, 1.807) is 38.5 Å². The number of hydrogen-bond acceptors (Lipinski definition) is 6. The summed E-state index contributed by atoms with van der Waals surface area (Å²) < 4.78 is 15.3. The summed E-state index contributed by atoms with van der Waals surface area (Å²) in [7, 11) is 3.19. The first-order valence-electron chi connectivity index (χ1n) is 7.59. The molecule has 0 aliphatic heterocycles. The standard InChI is InChI=1S/C18H17N3O4/c1-23-14-7-3-12(4-8-14)18-20-17(25-21-18)11-16(22)19-13-5-9-15(24-2)10-6-13/h3-10H,11H2,1-2H3,(H,19,22). The first-order chi connectivity index (χ1) is 12.2. The molecule has 3 aromatic rings. The van der Waals surface area contributed by atoms with Crippen LogP contribution in [0.25, 0.3) is 11.4 Å². The van der Waals surface area contributed by atoms with Crippen LogP contribution < -0.4 is 14.8 Å². The van der Waals surface area contributed by atoms with Gasteiger partial charge in [0.15, 0.2) is 0 Å². The molecule has 7 nitrogen and oxygen atoms in total. The minimum Gasteiger partial charge on any atom is -0.497 e. The molecular formula is C18H17N3O4. The number of anilines is 1. The second-order valence-corrected chi connectivity index (χ2v) is 5.19. The molecule has 25 heavy (non-hydrogen) atoms. The van der Waals surface area contributed by atoms with Gasteiger partial charge in [-0.25, -0.2) is 0 Å². The van der Waals surface area contributed by atoms with Crippen molar-refractivity contribution in [1.82, 2.24) is 10.1 Å². The number of benzene rings is 2. The van der Waals surface area contributed by atoms with Crippen LogP contribution >= 0.6 is 0 Å². The number of carbonyl (C=O) groups is 1. The van der Waals surface area contributed by atoms with Crippen molar-refractivity contribution in [2.45, 2.75) is 6.42 Å². The van der Waals surface area contributed by atoms with E-state index in [4.69, 9.17) is 14.0 Å². The summed E-state index contributed by atoms with van der Waals surface area (Å²) in [5.41, 5.74) is 1.45. The molecule has 3 rings (SSSR count). The van der Waals surface area contributed by atoms with Crippen LogP contribution in [0.2, 0.25) is 0 Å². The van der Waals surface area contributed by atoms with E-state index in [0.717, 1.165) is 17.1 Å². The molecule has 0 spiro atoms. The molecule has 0 saturated carbocycles. The van der Waals surface area contributed by atoms with Crippen molar-refractivity contribution in [3.8, 4) is 22.9 Å². The fraction of sp³-hybridized carbons (Fsp3) is 0.167. The molecule has 0 radical (unpaired) electrons. The highest BCUT2D eigenvalue weighted by Gasteiger charge is 2.13. The molecule has 0 aliphatic rings. The van der Waals surface area contributed by atoms with Crippen molar-refractivity contribution in [2.75, 3.05) is 19.5 Å². The molecule has 1 aromatic heterocycles. The fourth-order valence-electron chi connectivity index (χ4n) is 2.20. The van der Waals surface area contributed by atoms with Crippen LogP contribution in [0, 0.1) is 0 Å². The number of aromatic nitrogens is 2. The summed E-state index contributed by atoms with van der Waals surface area (Å²) in [5, 5.41) is 6.67. The smallest absolute Gasteiger partial charge is 0.236 e. The van der Waals surface area contributed by atoms with Crippen molar-refractivity contribution in [2.24, 2.45) is 0 Å². The van der Waals surface area contributed by atoms with Crippen molar-refractivity contribution >= 4 is 11.6 Å². The molecule has 0 fully saturated rings. The number of amides is 1. The van der Waals surface area contributed by atoms with Gasteiger partial charge in [0.05, 0.1) is 14.2 Å². The molecule has 1 heterocycles. The van der Waals surface area contributed by atoms with E-state index in [-0.39, 0.29) is 18.2 Å². The maximum Gasteiger partial charge on any atom is 0.236 e. The summed E-state index contributed by atoms with van der Waals surface area (Å²) >= 11 is 0.